The average molecular weight is 290 g/mol. The molecule has 0 radical (unpaired) electrons. The number of nitrogens with two attached hydrogens (primary N) is 1. The van der Waals surface area contributed by atoms with Gasteiger partial charge in [-0.15, -0.1) is 0 Å². The molecule has 0 aliphatic rings. The van der Waals surface area contributed by atoms with Gasteiger partial charge in [0.05, 0.1) is 11.9 Å². The SMILES string of the molecule is Nc1cc(C(=O)Nc2cnccc2-c2ccccc2)ccn1. The Morgan fingerprint density at radius 2 is 1.86 bits per heavy atom. The fraction of sp³-hybridized carbons (Fsp3) is 0. The lowest BCUT2D eigenvalue weighted by molar-refractivity contribution is 0.102. The number of nitrogen functional groups attached to an aromatic ring is 1. The summed E-state index contributed by atoms with van der Waals surface area (Å²) in [4.78, 5) is 20.3. The van der Waals surface area contributed by atoms with Crippen LogP contribution in [0.1, 0.15) is 10.4 Å². The van der Waals surface area contributed by atoms with Crippen LogP contribution in [0.25, 0.3) is 11.1 Å². The minimum absolute atomic E-state index is 0.251. The first kappa shape index (κ1) is 13.8. The molecule has 108 valence electrons. The standard InChI is InChI=1S/C17H14N4O/c18-16-10-13(6-9-20-16)17(22)21-15-11-19-8-7-14(15)12-4-2-1-3-5-12/h1-11H,(H2,18,20)(H,21,22). The van der Waals surface area contributed by atoms with Crippen LogP contribution in [0.4, 0.5) is 11.5 Å². The highest BCUT2D eigenvalue weighted by atomic mass is 16.1. The van der Waals surface area contributed by atoms with E-state index in [4.69, 9.17) is 5.73 Å². The molecule has 22 heavy (non-hydrogen) atoms. The molecule has 0 atom stereocenters. The van der Waals surface area contributed by atoms with Crippen molar-refractivity contribution in [2.24, 2.45) is 0 Å². The number of nitrogens with one attached hydrogen (secondary N) is 1. The van der Waals surface area contributed by atoms with Crippen molar-refractivity contribution in [1.29, 1.82) is 0 Å². The number of pyridine rings is 2. The Morgan fingerprint density at radius 3 is 2.64 bits per heavy atom. The van der Waals surface area contributed by atoms with Gasteiger partial charge in [0.25, 0.3) is 5.91 Å². The normalized spacial score (nSPS) is 10.2. The number of anilines is 2. The third kappa shape index (κ3) is 2.93. The van der Waals surface area contributed by atoms with E-state index < -0.39 is 0 Å². The molecule has 0 saturated carbocycles. The Morgan fingerprint density at radius 1 is 1.05 bits per heavy atom. The molecule has 0 spiro atoms. The van der Waals surface area contributed by atoms with Crippen LogP contribution < -0.4 is 11.1 Å². The number of benzene rings is 1. The highest BCUT2D eigenvalue weighted by Gasteiger charge is 2.10. The molecule has 0 aliphatic carbocycles. The van der Waals surface area contributed by atoms with Crippen LogP contribution in [-0.4, -0.2) is 15.9 Å². The third-order valence-electron chi connectivity index (χ3n) is 3.20. The summed E-state index contributed by atoms with van der Waals surface area (Å²) in [6, 6.07) is 14.8. The van der Waals surface area contributed by atoms with Gasteiger partial charge in [-0.2, -0.15) is 0 Å². The maximum Gasteiger partial charge on any atom is 0.255 e. The number of aromatic nitrogens is 2. The summed E-state index contributed by atoms with van der Waals surface area (Å²) in [5, 5.41) is 2.87. The Kier molecular flexibility index (Phi) is 3.78. The van der Waals surface area contributed by atoms with E-state index in [-0.39, 0.29) is 5.91 Å². The lowest BCUT2D eigenvalue weighted by Crippen LogP contribution is -2.13. The lowest BCUT2D eigenvalue weighted by atomic mass is 10.1. The van der Waals surface area contributed by atoms with E-state index in [9.17, 15) is 4.79 Å². The summed E-state index contributed by atoms with van der Waals surface area (Å²) in [7, 11) is 0. The summed E-state index contributed by atoms with van der Waals surface area (Å²) < 4.78 is 0. The molecule has 3 aromatic rings. The zero-order valence-corrected chi connectivity index (χ0v) is 11.7. The van der Waals surface area contributed by atoms with Crippen molar-refractivity contribution in [3.05, 3.63) is 72.7 Å². The van der Waals surface area contributed by atoms with Gasteiger partial charge >= 0.3 is 0 Å². The Hall–Kier alpha value is -3.21. The van der Waals surface area contributed by atoms with E-state index >= 15 is 0 Å². The van der Waals surface area contributed by atoms with Crippen LogP contribution in [0.2, 0.25) is 0 Å². The maximum absolute atomic E-state index is 12.3. The largest absolute Gasteiger partial charge is 0.384 e. The van der Waals surface area contributed by atoms with Crippen molar-refractivity contribution < 1.29 is 4.79 Å². The van der Waals surface area contributed by atoms with Crippen LogP contribution in [0.5, 0.6) is 0 Å². The zero-order chi connectivity index (χ0) is 15.4. The van der Waals surface area contributed by atoms with Crippen molar-refractivity contribution in [3.63, 3.8) is 0 Å². The van der Waals surface area contributed by atoms with E-state index in [0.717, 1.165) is 11.1 Å². The Balaban J connectivity index is 1.92. The molecule has 0 bridgehead atoms. The van der Waals surface area contributed by atoms with Gasteiger partial charge in [-0.25, -0.2) is 4.98 Å². The topological polar surface area (TPSA) is 80.9 Å². The van der Waals surface area contributed by atoms with Gasteiger partial charge in [-0.1, -0.05) is 30.3 Å². The number of amides is 1. The minimum atomic E-state index is -0.251. The van der Waals surface area contributed by atoms with E-state index in [0.29, 0.717) is 17.1 Å². The van der Waals surface area contributed by atoms with Crippen LogP contribution in [0.3, 0.4) is 0 Å². The molecule has 2 aromatic heterocycles. The summed E-state index contributed by atoms with van der Waals surface area (Å²) in [5.41, 5.74) is 8.63. The molecule has 1 aromatic carbocycles. The second-order valence-corrected chi connectivity index (χ2v) is 4.71. The van der Waals surface area contributed by atoms with Gasteiger partial charge in [-0.3, -0.25) is 9.78 Å². The van der Waals surface area contributed by atoms with Crippen molar-refractivity contribution in [2.75, 3.05) is 11.1 Å². The number of carbonyl (C=O) groups is 1. The van der Waals surface area contributed by atoms with E-state index in [1.807, 2.05) is 36.4 Å². The lowest BCUT2D eigenvalue weighted by Gasteiger charge is -2.11. The average Bonchev–Trinajstić information content (AvgIpc) is 2.56. The molecule has 0 fully saturated rings. The first-order valence-electron chi connectivity index (χ1n) is 6.76. The fourth-order valence-electron chi connectivity index (χ4n) is 2.15. The van der Waals surface area contributed by atoms with Crippen molar-refractivity contribution in [1.82, 2.24) is 9.97 Å². The fourth-order valence-corrected chi connectivity index (χ4v) is 2.15. The summed E-state index contributed by atoms with van der Waals surface area (Å²) in [6.45, 7) is 0. The number of hydrogen-bond acceptors (Lipinski definition) is 4. The smallest absolute Gasteiger partial charge is 0.255 e. The molecule has 3 N–H and O–H groups in total. The molecular weight excluding hydrogens is 276 g/mol. The van der Waals surface area contributed by atoms with Crippen molar-refractivity contribution in [3.8, 4) is 11.1 Å². The number of nitrogens with zero attached hydrogens (tertiary/aromatic N) is 2. The second-order valence-electron chi connectivity index (χ2n) is 4.71. The monoisotopic (exact) mass is 290 g/mol. The van der Waals surface area contributed by atoms with Crippen LogP contribution in [0, 0.1) is 0 Å². The molecule has 0 saturated heterocycles. The van der Waals surface area contributed by atoms with Gasteiger partial charge in [0.1, 0.15) is 5.82 Å². The number of rotatable bonds is 3. The highest BCUT2D eigenvalue weighted by Crippen LogP contribution is 2.27. The molecule has 5 nitrogen and oxygen atoms in total. The van der Waals surface area contributed by atoms with Gasteiger partial charge in [0.15, 0.2) is 0 Å². The Bertz CT molecular complexity index is 803. The van der Waals surface area contributed by atoms with Gasteiger partial charge in [0, 0.05) is 23.5 Å². The number of carbonyl (C=O) groups excluding carboxylic acids is 1. The Labute approximate surface area is 127 Å². The van der Waals surface area contributed by atoms with Gasteiger partial charge < -0.3 is 11.1 Å². The molecular formula is C17H14N4O. The molecule has 1 amide bonds. The molecule has 3 rings (SSSR count). The maximum atomic E-state index is 12.3. The highest BCUT2D eigenvalue weighted by molar-refractivity contribution is 6.06. The summed E-state index contributed by atoms with van der Waals surface area (Å²) >= 11 is 0. The van der Waals surface area contributed by atoms with Crippen LogP contribution >= 0.6 is 0 Å². The minimum Gasteiger partial charge on any atom is -0.384 e. The van der Waals surface area contributed by atoms with E-state index in [1.54, 1.807) is 18.5 Å². The van der Waals surface area contributed by atoms with Gasteiger partial charge in [-0.05, 0) is 23.8 Å². The zero-order valence-electron chi connectivity index (χ0n) is 11.7. The van der Waals surface area contributed by atoms with Gasteiger partial charge in [0.2, 0.25) is 0 Å². The molecule has 0 unspecified atom stereocenters. The van der Waals surface area contributed by atoms with Crippen molar-refractivity contribution >= 4 is 17.4 Å². The number of hydrogen-bond donors (Lipinski definition) is 2. The third-order valence-corrected chi connectivity index (χ3v) is 3.20. The van der Waals surface area contributed by atoms with Crippen LogP contribution in [-0.2, 0) is 0 Å². The molecule has 2 heterocycles. The molecule has 0 aliphatic heterocycles. The predicted molar refractivity (Wildman–Crippen MR) is 86.3 cm³/mol. The van der Waals surface area contributed by atoms with Crippen LogP contribution in [0.15, 0.2) is 67.1 Å². The van der Waals surface area contributed by atoms with E-state index in [1.165, 1.54) is 12.3 Å². The van der Waals surface area contributed by atoms with Crippen molar-refractivity contribution in [2.45, 2.75) is 0 Å². The summed E-state index contributed by atoms with van der Waals surface area (Å²) in [5.74, 6) is 0.0569. The first-order valence-corrected chi connectivity index (χ1v) is 6.76. The summed E-state index contributed by atoms with van der Waals surface area (Å²) in [6.07, 6.45) is 4.83. The molecule has 5 heteroatoms. The second kappa shape index (κ2) is 6.05. The first-order chi connectivity index (χ1) is 10.7. The quantitative estimate of drug-likeness (QED) is 0.777. The predicted octanol–water partition coefficient (Wildman–Crippen LogP) is 2.98. The van der Waals surface area contributed by atoms with E-state index in [2.05, 4.69) is 15.3 Å².